The van der Waals surface area contributed by atoms with Gasteiger partial charge in [-0.15, -0.1) is 0 Å². The number of aryl methyl sites for hydroxylation is 1. The molecule has 1 unspecified atom stereocenters. The average Bonchev–Trinajstić information content (AvgIpc) is 2.96. The molecule has 1 aliphatic rings. The molecule has 112 valence electrons. The Kier molecular flexibility index (Phi) is 4.41. The third-order valence-electron chi connectivity index (χ3n) is 3.10. The molecule has 1 atom stereocenters. The minimum absolute atomic E-state index is 0.0135. The van der Waals surface area contributed by atoms with Gasteiger partial charge in [0.25, 0.3) is 10.0 Å². The van der Waals surface area contributed by atoms with Gasteiger partial charge in [-0.25, -0.2) is 13.4 Å². The Morgan fingerprint density at radius 1 is 1.60 bits per heavy atom. The molecule has 9 heteroatoms. The zero-order chi connectivity index (χ0) is 14.8. The van der Waals surface area contributed by atoms with Crippen LogP contribution in [0.2, 0.25) is 0 Å². The topological polar surface area (TPSA) is 90.7 Å². The van der Waals surface area contributed by atoms with Gasteiger partial charge in [0.05, 0.1) is 26.7 Å². The van der Waals surface area contributed by atoms with E-state index in [9.17, 15) is 13.2 Å². The normalized spacial score (nSPS) is 20.8. The summed E-state index contributed by atoms with van der Waals surface area (Å²) < 4.78 is 37.6. The first-order chi connectivity index (χ1) is 9.50. The number of sulfonamides is 1. The van der Waals surface area contributed by atoms with E-state index in [1.54, 1.807) is 4.57 Å². The molecule has 1 aromatic heterocycles. The third kappa shape index (κ3) is 2.69. The molecule has 0 radical (unpaired) electrons. The maximum absolute atomic E-state index is 12.5. The highest BCUT2D eigenvalue weighted by atomic mass is 32.2. The number of hydrogen-bond acceptors (Lipinski definition) is 6. The largest absolute Gasteiger partial charge is 0.468 e. The van der Waals surface area contributed by atoms with Crippen molar-refractivity contribution >= 4 is 16.0 Å². The average molecular weight is 303 g/mol. The monoisotopic (exact) mass is 303 g/mol. The maximum Gasteiger partial charge on any atom is 0.326 e. The smallest absolute Gasteiger partial charge is 0.326 e. The van der Waals surface area contributed by atoms with Crippen LogP contribution in [0.25, 0.3) is 0 Å². The lowest BCUT2D eigenvalue weighted by atomic mass is 10.3. The minimum atomic E-state index is -3.84. The van der Waals surface area contributed by atoms with E-state index >= 15 is 0 Å². The number of nitrogens with zero attached hydrogens (tertiary/aromatic N) is 3. The molecule has 0 aromatic carbocycles. The van der Waals surface area contributed by atoms with Gasteiger partial charge in [0.15, 0.2) is 5.03 Å². The molecule has 1 fully saturated rings. The second-order valence-electron chi connectivity index (χ2n) is 4.27. The Hall–Kier alpha value is -1.45. The van der Waals surface area contributed by atoms with Crippen LogP contribution >= 0.6 is 0 Å². The van der Waals surface area contributed by atoms with Crippen molar-refractivity contribution in [2.75, 3.05) is 26.9 Å². The lowest BCUT2D eigenvalue weighted by Gasteiger charge is -2.31. The van der Waals surface area contributed by atoms with Crippen LogP contribution < -0.4 is 0 Å². The molecule has 0 bridgehead atoms. The van der Waals surface area contributed by atoms with Gasteiger partial charge in [-0.3, -0.25) is 4.79 Å². The van der Waals surface area contributed by atoms with E-state index in [2.05, 4.69) is 9.72 Å². The van der Waals surface area contributed by atoms with Crippen LogP contribution in [-0.2, 0) is 30.8 Å². The Bertz CT molecular complexity index is 583. The number of esters is 1. The van der Waals surface area contributed by atoms with Crippen molar-refractivity contribution in [2.45, 2.75) is 24.5 Å². The fourth-order valence-electron chi connectivity index (χ4n) is 1.96. The molecule has 20 heavy (non-hydrogen) atoms. The molecule has 1 saturated heterocycles. The molecular weight excluding hydrogens is 286 g/mol. The summed E-state index contributed by atoms with van der Waals surface area (Å²) in [6.45, 7) is 2.82. The molecular formula is C11H17N3O5S. The van der Waals surface area contributed by atoms with Crippen molar-refractivity contribution in [3.05, 3.63) is 12.5 Å². The second-order valence-corrected chi connectivity index (χ2v) is 6.11. The maximum atomic E-state index is 12.5. The summed E-state index contributed by atoms with van der Waals surface area (Å²) >= 11 is 0. The van der Waals surface area contributed by atoms with Crippen LogP contribution in [0.15, 0.2) is 17.6 Å². The lowest BCUT2D eigenvalue weighted by molar-refractivity contribution is -0.149. The van der Waals surface area contributed by atoms with Gasteiger partial charge in [0, 0.05) is 19.3 Å². The summed E-state index contributed by atoms with van der Waals surface area (Å²) in [6, 6.07) is -0.967. The predicted molar refractivity (Wildman–Crippen MR) is 68.4 cm³/mol. The van der Waals surface area contributed by atoms with Gasteiger partial charge in [-0.05, 0) is 6.92 Å². The molecule has 0 aliphatic carbocycles. The van der Waals surface area contributed by atoms with Crippen LogP contribution in [0.5, 0.6) is 0 Å². The lowest BCUT2D eigenvalue weighted by Crippen LogP contribution is -2.52. The number of morpholine rings is 1. The van der Waals surface area contributed by atoms with Crippen LogP contribution in [0.3, 0.4) is 0 Å². The van der Waals surface area contributed by atoms with Crippen LogP contribution in [0, 0.1) is 0 Å². The third-order valence-corrected chi connectivity index (χ3v) is 4.89. The molecule has 1 aromatic rings. The zero-order valence-corrected chi connectivity index (χ0v) is 12.2. The van der Waals surface area contributed by atoms with Gasteiger partial charge in [-0.2, -0.15) is 4.31 Å². The van der Waals surface area contributed by atoms with Crippen molar-refractivity contribution in [1.82, 2.24) is 13.9 Å². The fraction of sp³-hybridized carbons (Fsp3) is 0.636. The van der Waals surface area contributed by atoms with Crippen molar-refractivity contribution in [3.8, 4) is 0 Å². The van der Waals surface area contributed by atoms with Gasteiger partial charge in [0.2, 0.25) is 0 Å². The van der Waals surface area contributed by atoms with E-state index in [4.69, 9.17) is 4.74 Å². The highest BCUT2D eigenvalue weighted by Crippen LogP contribution is 2.20. The molecule has 0 amide bonds. The Morgan fingerprint density at radius 2 is 2.35 bits per heavy atom. The number of ether oxygens (including phenoxy) is 2. The Balaban J connectivity index is 2.32. The molecule has 1 aliphatic heterocycles. The number of aromatic nitrogens is 2. The molecule has 8 nitrogen and oxygen atoms in total. The van der Waals surface area contributed by atoms with E-state index in [1.165, 1.54) is 19.6 Å². The van der Waals surface area contributed by atoms with Gasteiger partial charge in [0.1, 0.15) is 6.04 Å². The molecule has 2 rings (SSSR count). The first-order valence-corrected chi connectivity index (χ1v) is 7.64. The second kappa shape index (κ2) is 5.90. The summed E-state index contributed by atoms with van der Waals surface area (Å²) in [5.74, 6) is -0.636. The standard InChI is InChI=1S/C11H17N3O5S/c1-3-13-6-10(12-8-13)20(16,17)14-4-5-19-7-9(14)11(15)18-2/h6,8-9H,3-5,7H2,1-2H3. The van der Waals surface area contributed by atoms with Gasteiger partial charge in [-0.1, -0.05) is 0 Å². The summed E-state index contributed by atoms with van der Waals surface area (Å²) in [6.07, 6.45) is 2.89. The Labute approximate surface area is 117 Å². The van der Waals surface area contributed by atoms with E-state index in [-0.39, 0.29) is 24.8 Å². The van der Waals surface area contributed by atoms with E-state index < -0.39 is 22.0 Å². The van der Waals surface area contributed by atoms with E-state index in [1.807, 2.05) is 6.92 Å². The molecule has 0 spiro atoms. The van der Waals surface area contributed by atoms with Crippen molar-refractivity contribution in [1.29, 1.82) is 0 Å². The predicted octanol–water partition coefficient (Wildman–Crippen LogP) is -0.534. The number of hydrogen-bond donors (Lipinski definition) is 0. The van der Waals surface area contributed by atoms with Gasteiger partial charge < -0.3 is 14.0 Å². The minimum Gasteiger partial charge on any atom is -0.468 e. The zero-order valence-electron chi connectivity index (χ0n) is 11.4. The summed E-state index contributed by atoms with van der Waals surface area (Å²) in [7, 11) is -2.62. The number of imidazole rings is 1. The number of carbonyl (C=O) groups excluding carboxylic acids is 1. The SMILES string of the molecule is CCn1cnc(S(=O)(=O)N2CCOCC2C(=O)OC)c1. The molecule has 2 heterocycles. The highest BCUT2D eigenvalue weighted by Gasteiger charge is 2.40. The highest BCUT2D eigenvalue weighted by molar-refractivity contribution is 7.89. The van der Waals surface area contributed by atoms with Crippen molar-refractivity contribution < 1.29 is 22.7 Å². The van der Waals surface area contributed by atoms with E-state index in [0.29, 0.717) is 6.54 Å². The van der Waals surface area contributed by atoms with Gasteiger partial charge >= 0.3 is 5.97 Å². The number of carbonyl (C=O) groups is 1. The fourth-order valence-corrected chi connectivity index (χ4v) is 3.45. The van der Waals surface area contributed by atoms with Crippen LogP contribution in [0.4, 0.5) is 0 Å². The van der Waals surface area contributed by atoms with Crippen molar-refractivity contribution in [2.24, 2.45) is 0 Å². The van der Waals surface area contributed by atoms with Crippen LogP contribution in [0.1, 0.15) is 6.92 Å². The summed E-state index contributed by atoms with van der Waals surface area (Å²) in [5.41, 5.74) is 0. The molecule has 0 N–H and O–H groups in total. The first kappa shape index (κ1) is 14.9. The Morgan fingerprint density at radius 3 is 2.95 bits per heavy atom. The summed E-state index contributed by atoms with van der Waals surface area (Å²) in [5, 5.41) is -0.0739. The quantitative estimate of drug-likeness (QED) is 0.694. The van der Waals surface area contributed by atoms with Crippen LogP contribution in [-0.4, -0.2) is 61.2 Å². The summed E-state index contributed by atoms with van der Waals surface area (Å²) in [4.78, 5) is 15.6. The van der Waals surface area contributed by atoms with E-state index in [0.717, 1.165) is 4.31 Å². The number of rotatable bonds is 4. The van der Waals surface area contributed by atoms with Crippen molar-refractivity contribution in [3.63, 3.8) is 0 Å². The number of methoxy groups -OCH3 is 1. The molecule has 0 saturated carbocycles. The first-order valence-electron chi connectivity index (χ1n) is 6.20.